The number of likely N-dealkylation sites (tertiary alicyclic amines) is 1. The first-order chi connectivity index (χ1) is 13.8. The molecule has 1 saturated carbocycles. The van der Waals surface area contributed by atoms with Crippen LogP contribution in [0, 0.1) is 5.92 Å². The number of amides is 4. The molecule has 1 saturated heterocycles. The van der Waals surface area contributed by atoms with Gasteiger partial charge < -0.3 is 26.2 Å². The van der Waals surface area contributed by atoms with Gasteiger partial charge in [0.25, 0.3) is 0 Å². The SMILES string of the molecule is CNC(=O)[C@@H]1C[C@H](NC(C)=O)CN1C(=O)[C@@H](NC(=O)[C@H](C)NC)C1CCCCC1. The number of carbonyl (C=O) groups excluding carboxylic acids is 4. The molecule has 0 radical (unpaired) electrons. The summed E-state index contributed by atoms with van der Waals surface area (Å²) < 4.78 is 0. The molecule has 9 heteroatoms. The molecule has 1 heterocycles. The van der Waals surface area contributed by atoms with E-state index < -0.39 is 18.1 Å². The summed E-state index contributed by atoms with van der Waals surface area (Å²) in [6.45, 7) is 3.43. The van der Waals surface area contributed by atoms with Crippen LogP contribution in [0.1, 0.15) is 52.4 Å². The van der Waals surface area contributed by atoms with Crippen LogP contribution >= 0.6 is 0 Å². The van der Waals surface area contributed by atoms with Gasteiger partial charge in [0, 0.05) is 26.6 Å². The minimum absolute atomic E-state index is 0.0504. The van der Waals surface area contributed by atoms with E-state index in [2.05, 4.69) is 21.3 Å². The van der Waals surface area contributed by atoms with Crippen molar-refractivity contribution in [3.8, 4) is 0 Å². The first kappa shape index (κ1) is 23.1. The predicted molar refractivity (Wildman–Crippen MR) is 109 cm³/mol. The fourth-order valence-corrected chi connectivity index (χ4v) is 4.32. The van der Waals surface area contributed by atoms with E-state index in [1.54, 1.807) is 14.0 Å². The lowest BCUT2D eigenvalue weighted by atomic mass is 9.83. The minimum atomic E-state index is -0.665. The Labute approximate surface area is 172 Å². The molecule has 4 atom stereocenters. The second-order valence-electron chi connectivity index (χ2n) is 8.15. The van der Waals surface area contributed by atoms with Gasteiger partial charge in [0.05, 0.1) is 6.04 Å². The number of nitrogens with zero attached hydrogens (tertiary/aromatic N) is 1. The summed E-state index contributed by atoms with van der Waals surface area (Å²) in [6, 6.07) is -2.03. The Morgan fingerprint density at radius 1 is 1.03 bits per heavy atom. The molecule has 0 bridgehead atoms. The van der Waals surface area contributed by atoms with Crippen molar-refractivity contribution >= 4 is 23.6 Å². The molecule has 0 aromatic heterocycles. The summed E-state index contributed by atoms with van der Waals surface area (Å²) in [5.41, 5.74) is 0. The van der Waals surface area contributed by atoms with Gasteiger partial charge in [-0.05, 0) is 39.2 Å². The van der Waals surface area contributed by atoms with Crippen LogP contribution in [0.4, 0.5) is 0 Å². The maximum absolute atomic E-state index is 13.6. The topological polar surface area (TPSA) is 120 Å². The summed E-state index contributed by atoms with van der Waals surface area (Å²) in [5, 5.41) is 11.3. The molecule has 29 heavy (non-hydrogen) atoms. The minimum Gasteiger partial charge on any atom is -0.357 e. The molecule has 0 unspecified atom stereocenters. The molecule has 0 aromatic rings. The summed E-state index contributed by atoms with van der Waals surface area (Å²) in [4.78, 5) is 51.5. The zero-order valence-corrected chi connectivity index (χ0v) is 17.9. The summed E-state index contributed by atoms with van der Waals surface area (Å²) >= 11 is 0. The number of hydrogen-bond donors (Lipinski definition) is 4. The molecule has 9 nitrogen and oxygen atoms in total. The molecular formula is C20H35N5O4. The summed E-state index contributed by atoms with van der Waals surface area (Å²) in [5.74, 6) is -0.876. The molecule has 2 fully saturated rings. The normalized spacial score (nSPS) is 24.5. The van der Waals surface area contributed by atoms with E-state index in [-0.39, 0.29) is 42.1 Å². The van der Waals surface area contributed by atoms with Crippen molar-refractivity contribution in [1.82, 2.24) is 26.2 Å². The lowest BCUT2D eigenvalue weighted by molar-refractivity contribution is -0.143. The molecular weight excluding hydrogens is 374 g/mol. The van der Waals surface area contributed by atoms with Gasteiger partial charge in [0.2, 0.25) is 23.6 Å². The molecule has 1 aliphatic heterocycles. The number of likely N-dealkylation sites (N-methyl/N-ethyl adjacent to an activating group) is 2. The van der Waals surface area contributed by atoms with Gasteiger partial charge in [-0.15, -0.1) is 0 Å². The van der Waals surface area contributed by atoms with Crippen LogP contribution in [0.5, 0.6) is 0 Å². The third-order valence-electron chi connectivity index (χ3n) is 6.05. The van der Waals surface area contributed by atoms with E-state index in [0.29, 0.717) is 6.42 Å². The van der Waals surface area contributed by atoms with Crippen molar-refractivity contribution in [2.45, 2.75) is 76.5 Å². The molecule has 1 aliphatic carbocycles. The fraction of sp³-hybridized carbons (Fsp3) is 0.800. The first-order valence-corrected chi connectivity index (χ1v) is 10.5. The molecule has 4 N–H and O–H groups in total. The van der Waals surface area contributed by atoms with Gasteiger partial charge in [-0.1, -0.05) is 19.3 Å². The summed E-state index contributed by atoms with van der Waals surface area (Å²) in [7, 11) is 3.23. The lowest BCUT2D eigenvalue weighted by Crippen LogP contribution is -2.58. The second kappa shape index (κ2) is 10.6. The second-order valence-corrected chi connectivity index (χ2v) is 8.15. The van der Waals surface area contributed by atoms with Gasteiger partial charge in [-0.3, -0.25) is 19.2 Å². The number of rotatable bonds is 7. The van der Waals surface area contributed by atoms with E-state index in [1.807, 2.05) is 0 Å². The molecule has 164 valence electrons. The average molecular weight is 410 g/mol. The van der Waals surface area contributed by atoms with Crippen LogP contribution in [0.3, 0.4) is 0 Å². The van der Waals surface area contributed by atoms with Crippen LogP contribution in [0.2, 0.25) is 0 Å². The predicted octanol–water partition coefficient (Wildman–Crippen LogP) is -0.489. The van der Waals surface area contributed by atoms with Gasteiger partial charge in [0.15, 0.2) is 0 Å². The van der Waals surface area contributed by atoms with Crippen molar-refractivity contribution in [3.63, 3.8) is 0 Å². The van der Waals surface area contributed by atoms with Gasteiger partial charge in [0.1, 0.15) is 12.1 Å². The molecule has 4 amide bonds. The standard InChI is InChI=1S/C20H35N5O4/c1-12(21-3)18(27)24-17(14-8-6-5-7-9-14)20(29)25-11-15(23-13(2)26)10-16(25)19(28)22-4/h12,14-17,21H,5-11H2,1-4H3,(H,22,28)(H,23,26)(H,24,27)/t12-,15-,16-,17-/m0/s1. The van der Waals surface area contributed by atoms with Crippen LogP contribution in [0.25, 0.3) is 0 Å². The molecule has 2 aliphatic rings. The zero-order chi connectivity index (χ0) is 21.6. The largest absolute Gasteiger partial charge is 0.357 e. The van der Waals surface area contributed by atoms with Crippen molar-refractivity contribution in [2.75, 3.05) is 20.6 Å². The third kappa shape index (κ3) is 5.91. The highest BCUT2D eigenvalue weighted by Gasteiger charge is 2.44. The van der Waals surface area contributed by atoms with Crippen molar-refractivity contribution < 1.29 is 19.2 Å². The van der Waals surface area contributed by atoms with Crippen molar-refractivity contribution in [1.29, 1.82) is 0 Å². The number of hydrogen-bond acceptors (Lipinski definition) is 5. The van der Waals surface area contributed by atoms with Gasteiger partial charge >= 0.3 is 0 Å². The monoisotopic (exact) mass is 409 g/mol. The van der Waals surface area contributed by atoms with Crippen LogP contribution in [-0.2, 0) is 19.2 Å². The van der Waals surface area contributed by atoms with E-state index in [4.69, 9.17) is 0 Å². The van der Waals surface area contributed by atoms with Gasteiger partial charge in [-0.25, -0.2) is 0 Å². The van der Waals surface area contributed by atoms with Crippen LogP contribution in [0.15, 0.2) is 0 Å². The Balaban J connectivity index is 2.24. The Morgan fingerprint density at radius 2 is 1.69 bits per heavy atom. The van der Waals surface area contributed by atoms with Crippen molar-refractivity contribution in [2.24, 2.45) is 5.92 Å². The van der Waals surface area contributed by atoms with Crippen LogP contribution < -0.4 is 21.3 Å². The quantitative estimate of drug-likeness (QED) is 0.452. The maximum atomic E-state index is 13.6. The Morgan fingerprint density at radius 3 is 2.24 bits per heavy atom. The fourth-order valence-electron chi connectivity index (χ4n) is 4.32. The lowest BCUT2D eigenvalue weighted by Gasteiger charge is -2.35. The molecule has 0 spiro atoms. The average Bonchev–Trinajstić information content (AvgIpc) is 3.13. The van der Waals surface area contributed by atoms with Crippen molar-refractivity contribution in [3.05, 3.63) is 0 Å². The number of carbonyl (C=O) groups is 4. The Kier molecular flexibility index (Phi) is 8.43. The van der Waals surface area contributed by atoms with E-state index >= 15 is 0 Å². The molecule has 0 aromatic carbocycles. The summed E-state index contributed by atoms with van der Waals surface area (Å²) in [6.07, 6.45) is 5.30. The third-order valence-corrected chi connectivity index (χ3v) is 6.05. The van der Waals surface area contributed by atoms with Crippen LogP contribution in [-0.4, -0.2) is 73.3 Å². The number of nitrogens with one attached hydrogen (secondary N) is 4. The molecule has 2 rings (SSSR count). The zero-order valence-electron chi connectivity index (χ0n) is 17.9. The highest BCUT2D eigenvalue weighted by atomic mass is 16.2. The van der Waals surface area contributed by atoms with E-state index in [0.717, 1.165) is 32.1 Å². The van der Waals surface area contributed by atoms with E-state index in [9.17, 15) is 19.2 Å². The first-order valence-electron chi connectivity index (χ1n) is 10.5. The maximum Gasteiger partial charge on any atom is 0.246 e. The Hall–Kier alpha value is -2.16. The smallest absolute Gasteiger partial charge is 0.246 e. The van der Waals surface area contributed by atoms with Gasteiger partial charge in [-0.2, -0.15) is 0 Å². The highest BCUT2D eigenvalue weighted by Crippen LogP contribution is 2.29. The highest BCUT2D eigenvalue weighted by molar-refractivity contribution is 5.93. The van der Waals surface area contributed by atoms with E-state index in [1.165, 1.54) is 18.9 Å². The Bertz CT molecular complexity index is 620.